The van der Waals surface area contributed by atoms with Crippen molar-refractivity contribution >= 4 is 11.9 Å². The van der Waals surface area contributed by atoms with Crippen LogP contribution in [0.15, 0.2) is 0 Å². The van der Waals surface area contributed by atoms with Gasteiger partial charge in [-0.15, -0.1) is 0 Å². The van der Waals surface area contributed by atoms with Gasteiger partial charge in [0.15, 0.2) is 0 Å². The summed E-state index contributed by atoms with van der Waals surface area (Å²) in [5.41, 5.74) is -0.306. The van der Waals surface area contributed by atoms with Crippen molar-refractivity contribution in [1.29, 1.82) is 0 Å². The number of unbranched alkanes of at least 4 members (excludes halogenated alkanes) is 27. The molecular formula is C43H88O6. The van der Waals surface area contributed by atoms with Crippen LogP contribution in [-0.2, 0) is 14.3 Å². The minimum atomic E-state index is -0.663. The van der Waals surface area contributed by atoms with Crippen LogP contribution in [0.25, 0.3) is 0 Å². The summed E-state index contributed by atoms with van der Waals surface area (Å²) in [5, 5.41) is 25.2. The van der Waals surface area contributed by atoms with Gasteiger partial charge >= 0.3 is 11.9 Å². The molecule has 6 heteroatoms. The van der Waals surface area contributed by atoms with Crippen molar-refractivity contribution < 1.29 is 29.6 Å². The lowest BCUT2D eigenvalue weighted by Crippen LogP contribution is -2.20. The summed E-state index contributed by atoms with van der Waals surface area (Å²) in [6, 6.07) is 0. The molecular weight excluding hydrogens is 612 g/mol. The number of rotatable bonds is 35. The van der Waals surface area contributed by atoms with Gasteiger partial charge in [-0.1, -0.05) is 208 Å². The fraction of sp³-hybridized carbons (Fsp3) is 0.953. The molecule has 0 aromatic carbocycles. The Bertz CT molecular complexity index is 630. The number of ether oxygens (including phenoxy) is 1. The van der Waals surface area contributed by atoms with Crippen LogP contribution in [0.2, 0.25) is 0 Å². The van der Waals surface area contributed by atoms with Gasteiger partial charge in [-0.2, -0.15) is 0 Å². The molecule has 0 saturated heterocycles. The van der Waals surface area contributed by atoms with Crippen molar-refractivity contribution in [2.24, 2.45) is 5.41 Å². The standard InChI is InChI=1S/C28H56O2.C10H20O2.C5H12O2/c1-3-5-7-9-11-13-15-17-19-21-23-25-27-30-28(29)26-24-22-20-18-16-14-12-10-8-6-4-2;1-2-3-4-5-6-7-8-9-10(11)12;1-5(2,3-6)4-7/h3-27H2,1-2H3;2-9H2,1H3,(H,11,12);6-7H,3-4H2,1-2H3. The lowest BCUT2D eigenvalue weighted by Gasteiger charge is -2.16. The monoisotopic (exact) mass is 701 g/mol. The molecule has 296 valence electrons. The largest absolute Gasteiger partial charge is 0.481 e. The fourth-order valence-electron chi connectivity index (χ4n) is 5.42. The molecule has 0 aliphatic rings. The first-order chi connectivity index (χ1) is 23.7. The number of carboxylic acids is 1. The number of carboxylic acid groups (broad SMARTS) is 1. The summed E-state index contributed by atoms with van der Waals surface area (Å²) in [7, 11) is 0. The van der Waals surface area contributed by atoms with Crippen LogP contribution in [0.3, 0.4) is 0 Å². The quantitative estimate of drug-likeness (QED) is 0.0449. The van der Waals surface area contributed by atoms with Crippen molar-refractivity contribution in [1.82, 2.24) is 0 Å². The molecule has 0 unspecified atom stereocenters. The number of carbonyl (C=O) groups excluding carboxylic acids is 1. The Hall–Kier alpha value is -1.14. The molecule has 0 atom stereocenters. The van der Waals surface area contributed by atoms with E-state index in [1.807, 2.05) is 0 Å². The van der Waals surface area contributed by atoms with Gasteiger partial charge < -0.3 is 20.1 Å². The maximum atomic E-state index is 11.8. The molecule has 0 aliphatic carbocycles. The average Bonchev–Trinajstić information content (AvgIpc) is 3.09. The van der Waals surface area contributed by atoms with E-state index in [1.165, 1.54) is 167 Å². The molecule has 0 heterocycles. The number of hydrogen-bond donors (Lipinski definition) is 3. The lowest BCUT2D eigenvalue weighted by atomic mass is 9.97. The summed E-state index contributed by atoms with van der Waals surface area (Å²) >= 11 is 0. The third-order valence-electron chi connectivity index (χ3n) is 9.10. The molecule has 0 bridgehead atoms. The highest BCUT2D eigenvalue weighted by molar-refractivity contribution is 5.69. The summed E-state index contributed by atoms with van der Waals surface area (Å²) in [6.45, 7) is 11.1. The maximum absolute atomic E-state index is 11.8. The van der Waals surface area contributed by atoms with Crippen LogP contribution >= 0.6 is 0 Å². The predicted octanol–water partition coefficient (Wildman–Crippen LogP) is 13.1. The summed E-state index contributed by atoms with van der Waals surface area (Å²) in [6.07, 6.45) is 39.9. The van der Waals surface area contributed by atoms with Gasteiger partial charge in [-0.3, -0.25) is 9.59 Å². The first-order valence-electron chi connectivity index (χ1n) is 21.3. The van der Waals surface area contributed by atoms with Crippen molar-refractivity contribution in [3.05, 3.63) is 0 Å². The Morgan fingerprint density at radius 2 is 0.694 bits per heavy atom. The molecule has 0 fully saturated rings. The molecule has 0 spiro atoms. The fourth-order valence-corrected chi connectivity index (χ4v) is 5.42. The number of aliphatic hydroxyl groups excluding tert-OH is 2. The van der Waals surface area contributed by atoms with E-state index in [4.69, 9.17) is 20.1 Å². The highest BCUT2D eigenvalue weighted by atomic mass is 16.5. The zero-order valence-electron chi connectivity index (χ0n) is 33.8. The maximum Gasteiger partial charge on any atom is 0.305 e. The number of carbonyl (C=O) groups is 2. The molecule has 0 amide bonds. The molecule has 0 saturated carbocycles. The SMILES string of the molecule is CC(C)(CO)CO.CCCCCCCCCC(=O)O.CCCCCCCCCCCCCCOC(=O)CCCCCCCCCCCCC. The van der Waals surface area contributed by atoms with Crippen LogP contribution < -0.4 is 0 Å². The molecule has 3 N–H and O–H groups in total. The van der Waals surface area contributed by atoms with Crippen LogP contribution in [0.1, 0.15) is 240 Å². The number of aliphatic carboxylic acids is 1. The summed E-state index contributed by atoms with van der Waals surface area (Å²) in [5.74, 6) is -0.641. The number of hydrogen-bond acceptors (Lipinski definition) is 5. The average molecular weight is 701 g/mol. The van der Waals surface area contributed by atoms with Crippen LogP contribution in [0, 0.1) is 5.41 Å². The molecule has 0 aliphatic heterocycles. The van der Waals surface area contributed by atoms with E-state index in [9.17, 15) is 9.59 Å². The van der Waals surface area contributed by atoms with Crippen LogP contribution in [-0.4, -0.2) is 47.1 Å². The zero-order valence-corrected chi connectivity index (χ0v) is 33.8. The minimum Gasteiger partial charge on any atom is -0.481 e. The Labute approximate surface area is 306 Å². The molecule has 0 aromatic heterocycles. The molecule has 6 nitrogen and oxygen atoms in total. The van der Waals surface area contributed by atoms with E-state index in [0.717, 1.165) is 25.7 Å². The Balaban J connectivity index is -0.000000905. The van der Waals surface area contributed by atoms with Gasteiger partial charge in [0.2, 0.25) is 0 Å². The van der Waals surface area contributed by atoms with Crippen molar-refractivity contribution in [3.8, 4) is 0 Å². The normalized spacial score (nSPS) is 11.0. The zero-order chi connectivity index (χ0) is 37.1. The third kappa shape index (κ3) is 53.8. The number of aliphatic hydroxyl groups is 2. The topological polar surface area (TPSA) is 104 Å². The smallest absolute Gasteiger partial charge is 0.305 e. The molecule has 0 rings (SSSR count). The van der Waals surface area contributed by atoms with Gasteiger partial charge in [0.05, 0.1) is 19.8 Å². The first kappa shape index (κ1) is 52.2. The Morgan fingerprint density at radius 1 is 0.429 bits per heavy atom. The van der Waals surface area contributed by atoms with Crippen molar-refractivity contribution in [2.45, 2.75) is 240 Å². The second kappa shape index (κ2) is 44.9. The van der Waals surface area contributed by atoms with Crippen molar-refractivity contribution in [3.63, 3.8) is 0 Å². The van der Waals surface area contributed by atoms with E-state index >= 15 is 0 Å². The second-order valence-electron chi connectivity index (χ2n) is 15.1. The van der Waals surface area contributed by atoms with E-state index in [-0.39, 0.29) is 24.6 Å². The van der Waals surface area contributed by atoms with E-state index in [2.05, 4.69) is 20.8 Å². The molecule has 0 aromatic rings. The molecule has 49 heavy (non-hydrogen) atoms. The summed E-state index contributed by atoms with van der Waals surface area (Å²) in [4.78, 5) is 21.9. The third-order valence-corrected chi connectivity index (χ3v) is 9.10. The van der Waals surface area contributed by atoms with Gasteiger partial charge in [-0.05, 0) is 19.3 Å². The van der Waals surface area contributed by atoms with E-state index in [0.29, 0.717) is 19.4 Å². The molecule has 0 radical (unpaired) electrons. The minimum absolute atomic E-state index is 0.0222. The van der Waals surface area contributed by atoms with Gasteiger partial charge in [0.1, 0.15) is 0 Å². The predicted molar refractivity (Wildman–Crippen MR) is 211 cm³/mol. The van der Waals surface area contributed by atoms with Gasteiger partial charge in [0, 0.05) is 18.3 Å². The van der Waals surface area contributed by atoms with Crippen LogP contribution in [0.5, 0.6) is 0 Å². The second-order valence-corrected chi connectivity index (χ2v) is 15.1. The highest BCUT2D eigenvalue weighted by Gasteiger charge is 2.13. The van der Waals surface area contributed by atoms with Crippen LogP contribution in [0.4, 0.5) is 0 Å². The highest BCUT2D eigenvalue weighted by Crippen LogP contribution is 2.14. The van der Waals surface area contributed by atoms with Crippen molar-refractivity contribution in [2.75, 3.05) is 19.8 Å². The Morgan fingerprint density at radius 3 is 0.959 bits per heavy atom. The first-order valence-corrected chi connectivity index (χ1v) is 21.3. The number of esters is 1. The summed E-state index contributed by atoms with van der Waals surface area (Å²) < 4.78 is 5.39. The lowest BCUT2D eigenvalue weighted by molar-refractivity contribution is -0.144. The van der Waals surface area contributed by atoms with E-state index < -0.39 is 5.97 Å². The van der Waals surface area contributed by atoms with E-state index in [1.54, 1.807) is 13.8 Å². The Kier molecular flexibility index (Phi) is 47.8. The van der Waals surface area contributed by atoms with Gasteiger partial charge in [0.25, 0.3) is 0 Å². The van der Waals surface area contributed by atoms with Gasteiger partial charge in [-0.25, -0.2) is 0 Å².